The Morgan fingerprint density at radius 2 is 1.94 bits per heavy atom. The average molecular weight is 247 g/mol. The van der Waals surface area contributed by atoms with E-state index in [2.05, 4.69) is 15.3 Å². The fourth-order valence-electron chi connectivity index (χ4n) is 1.58. The second-order valence-electron chi connectivity index (χ2n) is 3.43. The fourth-order valence-corrected chi connectivity index (χ4v) is 1.58. The lowest BCUT2D eigenvalue weighted by Gasteiger charge is -2.11. The molecular formula is C12H13N3O3. The van der Waals surface area contributed by atoms with Crippen molar-refractivity contribution >= 4 is 11.9 Å². The highest BCUT2D eigenvalue weighted by molar-refractivity contribution is 6.07. The number of nitrogens with one attached hydrogen (secondary N) is 2. The van der Waals surface area contributed by atoms with Crippen LogP contribution in [0.5, 0.6) is 11.5 Å². The molecule has 0 spiro atoms. The molecule has 0 bridgehead atoms. The van der Waals surface area contributed by atoms with Gasteiger partial charge in [-0.2, -0.15) is 0 Å². The van der Waals surface area contributed by atoms with Crippen LogP contribution in [0, 0.1) is 0 Å². The number of carbonyl (C=O) groups is 1. The van der Waals surface area contributed by atoms with Crippen LogP contribution < -0.4 is 14.8 Å². The van der Waals surface area contributed by atoms with E-state index in [0.717, 1.165) is 0 Å². The molecule has 0 fully saturated rings. The zero-order valence-corrected chi connectivity index (χ0v) is 10.1. The van der Waals surface area contributed by atoms with Crippen LogP contribution in [0.1, 0.15) is 10.4 Å². The first-order valence-corrected chi connectivity index (χ1v) is 5.28. The quantitative estimate of drug-likeness (QED) is 0.861. The summed E-state index contributed by atoms with van der Waals surface area (Å²) in [6.07, 6.45) is 3.17. The van der Waals surface area contributed by atoms with E-state index in [-0.39, 0.29) is 5.91 Å². The first-order valence-electron chi connectivity index (χ1n) is 5.28. The highest BCUT2D eigenvalue weighted by atomic mass is 16.5. The molecule has 6 nitrogen and oxygen atoms in total. The minimum Gasteiger partial charge on any atom is -0.496 e. The number of methoxy groups -OCH3 is 2. The Bertz CT molecular complexity index is 515. The van der Waals surface area contributed by atoms with E-state index in [9.17, 15) is 4.79 Å². The van der Waals surface area contributed by atoms with Gasteiger partial charge in [-0.3, -0.25) is 10.1 Å². The zero-order chi connectivity index (χ0) is 13.0. The molecule has 1 amide bonds. The summed E-state index contributed by atoms with van der Waals surface area (Å²) in [4.78, 5) is 18.9. The molecule has 0 radical (unpaired) electrons. The first kappa shape index (κ1) is 12.0. The molecule has 0 aliphatic heterocycles. The number of nitrogens with zero attached hydrogens (tertiary/aromatic N) is 1. The minimum absolute atomic E-state index is 0.332. The van der Waals surface area contributed by atoms with Crippen LogP contribution in [0.2, 0.25) is 0 Å². The molecular weight excluding hydrogens is 234 g/mol. The summed E-state index contributed by atoms with van der Waals surface area (Å²) >= 11 is 0. The summed E-state index contributed by atoms with van der Waals surface area (Å²) in [6.45, 7) is 0. The molecule has 0 atom stereocenters. The zero-order valence-electron chi connectivity index (χ0n) is 10.1. The molecule has 2 rings (SSSR count). The third-order valence-corrected chi connectivity index (χ3v) is 2.39. The predicted octanol–water partition coefficient (Wildman–Crippen LogP) is 1.68. The van der Waals surface area contributed by atoms with Crippen molar-refractivity contribution in [1.29, 1.82) is 0 Å². The Morgan fingerprint density at radius 1 is 1.28 bits per heavy atom. The van der Waals surface area contributed by atoms with E-state index in [0.29, 0.717) is 23.0 Å². The second kappa shape index (κ2) is 5.22. The van der Waals surface area contributed by atoms with Gasteiger partial charge < -0.3 is 14.5 Å². The molecule has 18 heavy (non-hydrogen) atoms. The SMILES string of the molecule is COc1cccc(OC)c1C(=O)Nc1ncc[nH]1. The average Bonchev–Trinajstić information content (AvgIpc) is 2.90. The third-order valence-electron chi connectivity index (χ3n) is 2.39. The summed E-state index contributed by atoms with van der Waals surface area (Å²) in [5, 5.41) is 2.62. The molecule has 0 saturated heterocycles. The summed E-state index contributed by atoms with van der Waals surface area (Å²) in [6, 6.07) is 5.14. The summed E-state index contributed by atoms with van der Waals surface area (Å²) in [5.74, 6) is 0.907. The Labute approximate surface area is 104 Å². The second-order valence-corrected chi connectivity index (χ2v) is 3.43. The van der Waals surface area contributed by atoms with Gasteiger partial charge >= 0.3 is 0 Å². The number of rotatable bonds is 4. The van der Waals surface area contributed by atoms with E-state index >= 15 is 0 Å². The van der Waals surface area contributed by atoms with Crippen LogP contribution in [-0.2, 0) is 0 Å². The van der Waals surface area contributed by atoms with Gasteiger partial charge in [0.1, 0.15) is 17.1 Å². The van der Waals surface area contributed by atoms with E-state index < -0.39 is 0 Å². The maximum absolute atomic E-state index is 12.1. The maximum Gasteiger partial charge on any atom is 0.265 e. The van der Waals surface area contributed by atoms with Crippen molar-refractivity contribution < 1.29 is 14.3 Å². The first-order chi connectivity index (χ1) is 8.76. The Morgan fingerprint density at radius 3 is 2.44 bits per heavy atom. The lowest BCUT2D eigenvalue weighted by atomic mass is 10.1. The number of anilines is 1. The number of amides is 1. The third kappa shape index (κ3) is 2.27. The summed E-state index contributed by atoms with van der Waals surface area (Å²) in [5.41, 5.74) is 0.332. The number of aromatic amines is 1. The lowest BCUT2D eigenvalue weighted by Crippen LogP contribution is -2.15. The van der Waals surface area contributed by atoms with Gasteiger partial charge in [0, 0.05) is 12.4 Å². The van der Waals surface area contributed by atoms with Crippen molar-refractivity contribution in [3.63, 3.8) is 0 Å². The topological polar surface area (TPSA) is 76.2 Å². The standard InChI is InChI=1S/C12H13N3O3/c1-17-8-4-3-5-9(18-2)10(8)11(16)15-12-13-6-7-14-12/h3-7H,1-2H3,(H2,13,14,15,16). The van der Waals surface area contributed by atoms with Gasteiger partial charge in [-0.15, -0.1) is 0 Å². The molecule has 0 aliphatic rings. The molecule has 0 saturated carbocycles. The highest BCUT2D eigenvalue weighted by Crippen LogP contribution is 2.28. The van der Waals surface area contributed by atoms with Gasteiger partial charge in [-0.25, -0.2) is 4.98 Å². The van der Waals surface area contributed by atoms with Gasteiger partial charge in [0.15, 0.2) is 0 Å². The number of benzene rings is 1. The van der Waals surface area contributed by atoms with Gasteiger partial charge in [0.2, 0.25) is 5.95 Å². The number of H-pyrrole nitrogens is 1. The van der Waals surface area contributed by atoms with Gasteiger partial charge in [-0.05, 0) is 12.1 Å². The minimum atomic E-state index is -0.348. The molecule has 2 aromatic rings. The van der Waals surface area contributed by atoms with Crippen molar-refractivity contribution in [3.05, 3.63) is 36.2 Å². The largest absolute Gasteiger partial charge is 0.496 e. The Kier molecular flexibility index (Phi) is 3.47. The van der Waals surface area contributed by atoms with Crippen LogP contribution in [-0.4, -0.2) is 30.1 Å². The maximum atomic E-state index is 12.1. The van der Waals surface area contributed by atoms with Gasteiger partial charge in [-0.1, -0.05) is 6.07 Å². The van der Waals surface area contributed by atoms with E-state index in [1.54, 1.807) is 30.6 Å². The molecule has 6 heteroatoms. The van der Waals surface area contributed by atoms with E-state index in [1.807, 2.05) is 0 Å². The van der Waals surface area contributed by atoms with E-state index in [4.69, 9.17) is 9.47 Å². The molecule has 2 N–H and O–H groups in total. The van der Waals surface area contributed by atoms with Crippen molar-refractivity contribution in [1.82, 2.24) is 9.97 Å². The van der Waals surface area contributed by atoms with Crippen LogP contribution in [0.25, 0.3) is 0 Å². The predicted molar refractivity (Wildman–Crippen MR) is 66.1 cm³/mol. The van der Waals surface area contributed by atoms with Crippen molar-refractivity contribution in [3.8, 4) is 11.5 Å². The molecule has 1 heterocycles. The van der Waals surface area contributed by atoms with Crippen molar-refractivity contribution in [2.75, 3.05) is 19.5 Å². The highest BCUT2D eigenvalue weighted by Gasteiger charge is 2.18. The smallest absolute Gasteiger partial charge is 0.265 e. The van der Waals surface area contributed by atoms with Crippen LogP contribution in [0.15, 0.2) is 30.6 Å². The normalized spacial score (nSPS) is 9.89. The Hall–Kier alpha value is -2.50. The van der Waals surface area contributed by atoms with Crippen molar-refractivity contribution in [2.45, 2.75) is 0 Å². The summed E-state index contributed by atoms with van der Waals surface area (Å²) < 4.78 is 10.3. The van der Waals surface area contributed by atoms with Gasteiger partial charge in [0.05, 0.1) is 14.2 Å². The lowest BCUT2D eigenvalue weighted by molar-refractivity contribution is 0.102. The van der Waals surface area contributed by atoms with Crippen LogP contribution in [0.3, 0.4) is 0 Å². The number of imidazole rings is 1. The molecule has 0 aliphatic carbocycles. The van der Waals surface area contributed by atoms with E-state index in [1.165, 1.54) is 14.2 Å². The van der Waals surface area contributed by atoms with Gasteiger partial charge in [0.25, 0.3) is 5.91 Å². The molecule has 0 unspecified atom stereocenters. The number of ether oxygens (including phenoxy) is 2. The van der Waals surface area contributed by atoms with Crippen molar-refractivity contribution in [2.24, 2.45) is 0 Å². The van der Waals surface area contributed by atoms with Crippen LogP contribution >= 0.6 is 0 Å². The monoisotopic (exact) mass is 247 g/mol. The molecule has 94 valence electrons. The Balaban J connectivity index is 2.33. The number of hydrogen-bond donors (Lipinski definition) is 2. The molecule has 1 aromatic heterocycles. The number of aromatic nitrogens is 2. The molecule has 1 aromatic carbocycles. The van der Waals surface area contributed by atoms with Crippen LogP contribution in [0.4, 0.5) is 5.95 Å². The summed E-state index contributed by atoms with van der Waals surface area (Å²) in [7, 11) is 3.00. The number of carbonyl (C=O) groups excluding carboxylic acids is 1. The fraction of sp³-hybridized carbons (Fsp3) is 0.167. The number of hydrogen-bond acceptors (Lipinski definition) is 4.